The maximum Gasteiger partial charge on any atom is 1.00 e. The first kappa shape index (κ1) is 28.9. The number of thiophene rings is 2. The molecule has 3 aromatic rings. The SMILES string of the molecule is Cc1cscc1-c1ccc([C@H](CC(=O)[O-])NC(=O)Nc2c([O-])cc(C)n(C)c2=O)s1.[Na+].[Na+]. The molecule has 0 aliphatic heterocycles. The first-order valence-corrected chi connectivity index (χ1v) is 10.7. The maximum atomic E-state index is 12.5. The van der Waals surface area contributed by atoms with Crippen LogP contribution in [0.4, 0.5) is 10.5 Å². The number of hydrogen-bond donors (Lipinski definition) is 2. The summed E-state index contributed by atoms with van der Waals surface area (Å²) in [4.78, 5) is 37.5. The number of anilines is 1. The number of aromatic nitrogens is 1. The van der Waals surface area contributed by atoms with E-state index in [9.17, 15) is 24.6 Å². The van der Waals surface area contributed by atoms with Crippen molar-refractivity contribution in [3.8, 4) is 16.2 Å². The number of aryl methyl sites for hydroxylation is 2. The van der Waals surface area contributed by atoms with E-state index in [1.54, 1.807) is 24.3 Å². The molecule has 2 amide bonds. The molecule has 0 aliphatic rings. The number of nitrogens with one attached hydrogen (secondary N) is 2. The van der Waals surface area contributed by atoms with Crippen LogP contribution in [-0.2, 0) is 11.8 Å². The van der Waals surface area contributed by atoms with Crippen LogP contribution < -0.4 is 85.5 Å². The molecule has 0 spiro atoms. The number of carbonyl (C=O) groups is 2. The van der Waals surface area contributed by atoms with Gasteiger partial charge < -0.3 is 30.2 Å². The van der Waals surface area contributed by atoms with E-state index in [0.717, 1.165) is 16.0 Å². The van der Waals surface area contributed by atoms with Crippen LogP contribution in [0.5, 0.6) is 5.75 Å². The van der Waals surface area contributed by atoms with E-state index in [2.05, 4.69) is 10.6 Å². The molecule has 3 heterocycles. The van der Waals surface area contributed by atoms with Gasteiger partial charge in [-0.2, -0.15) is 11.3 Å². The average molecular weight is 492 g/mol. The predicted octanol–water partition coefficient (Wildman–Crippen LogP) is -4.12. The Labute approximate surface area is 237 Å². The van der Waals surface area contributed by atoms with E-state index in [0.29, 0.717) is 10.6 Å². The van der Waals surface area contributed by atoms with Gasteiger partial charge in [0.05, 0.1) is 6.04 Å². The molecule has 158 valence electrons. The number of aliphatic carboxylic acids is 1. The van der Waals surface area contributed by atoms with Crippen molar-refractivity contribution >= 4 is 40.4 Å². The fourth-order valence-corrected chi connectivity index (χ4v) is 4.97. The number of carbonyl (C=O) groups excluding carboxylic acids is 2. The van der Waals surface area contributed by atoms with Crippen molar-refractivity contribution in [1.29, 1.82) is 0 Å². The fraction of sp³-hybridized carbons (Fsp3) is 0.250. The Kier molecular flexibility index (Phi) is 11.2. The Morgan fingerprint density at radius 1 is 1.19 bits per heavy atom. The zero-order chi connectivity index (χ0) is 22.0. The van der Waals surface area contributed by atoms with Crippen LogP contribution >= 0.6 is 22.7 Å². The summed E-state index contributed by atoms with van der Waals surface area (Å²) >= 11 is 2.93. The molecule has 12 heteroatoms. The molecule has 8 nitrogen and oxygen atoms in total. The summed E-state index contributed by atoms with van der Waals surface area (Å²) in [6.45, 7) is 3.59. The van der Waals surface area contributed by atoms with E-state index in [4.69, 9.17) is 0 Å². The zero-order valence-electron chi connectivity index (χ0n) is 18.5. The molecule has 0 unspecified atom stereocenters. The standard InChI is InChI=1S/C20H21N3O5S2.2Na/c1-10-8-29-9-12(10)15-4-5-16(30-15)13(7-17(25)26)21-20(28)22-18-14(24)6-11(2)23(3)19(18)27;;/h4-6,8-9,13,24H,7H2,1-3H3,(H,25,26)(H2,21,22,28);;/q;2*+1/p-2/t13-;;/m0../s1. The molecule has 0 saturated carbocycles. The second-order valence-corrected chi connectivity index (χ2v) is 8.65. The molecule has 0 bridgehead atoms. The molecule has 0 radical (unpaired) electrons. The fourth-order valence-electron chi connectivity index (χ4n) is 2.90. The van der Waals surface area contributed by atoms with Crippen molar-refractivity contribution in [3.63, 3.8) is 0 Å². The van der Waals surface area contributed by atoms with Crippen molar-refractivity contribution in [1.82, 2.24) is 9.88 Å². The van der Waals surface area contributed by atoms with Gasteiger partial charge >= 0.3 is 65.1 Å². The van der Waals surface area contributed by atoms with Crippen LogP contribution in [0.25, 0.3) is 10.4 Å². The molecule has 3 rings (SSSR count). The maximum absolute atomic E-state index is 12.5. The van der Waals surface area contributed by atoms with Gasteiger partial charge in [0.2, 0.25) is 0 Å². The third kappa shape index (κ3) is 6.71. The van der Waals surface area contributed by atoms with Crippen LogP contribution in [0.15, 0.2) is 33.8 Å². The Balaban J connectivity index is 0.00000256. The van der Waals surface area contributed by atoms with Gasteiger partial charge in [-0.15, -0.1) is 11.3 Å². The Hall–Kier alpha value is -1.11. The van der Waals surface area contributed by atoms with Gasteiger partial charge in [0.25, 0.3) is 5.56 Å². The molecule has 0 aromatic carbocycles. The van der Waals surface area contributed by atoms with E-state index in [1.807, 2.05) is 23.8 Å². The minimum atomic E-state index is -1.34. The van der Waals surface area contributed by atoms with Crippen molar-refractivity contribution in [3.05, 3.63) is 55.4 Å². The Morgan fingerprint density at radius 2 is 1.88 bits per heavy atom. The Bertz CT molecular complexity index is 1170. The van der Waals surface area contributed by atoms with Gasteiger partial charge in [0, 0.05) is 40.4 Å². The number of pyridine rings is 1. The van der Waals surface area contributed by atoms with Crippen LogP contribution in [0.1, 0.15) is 28.6 Å². The number of hydrogen-bond acceptors (Lipinski definition) is 7. The van der Waals surface area contributed by atoms with Crippen LogP contribution in [0.3, 0.4) is 0 Å². The largest absolute Gasteiger partial charge is 1.00 e. The van der Waals surface area contributed by atoms with Gasteiger partial charge in [-0.1, -0.05) is 5.75 Å². The molecule has 3 aromatic heterocycles. The van der Waals surface area contributed by atoms with Crippen LogP contribution in [0, 0.1) is 13.8 Å². The number of nitrogens with zero attached hydrogens (tertiary/aromatic N) is 1. The van der Waals surface area contributed by atoms with Crippen LogP contribution in [0.2, 0.25) is 0 Å². The quantitative estimate of drug-likeness (QED) is 0.339. The molecule has 32 heavy (non-hydrogen) atoms. The predicted molar refractivity (Wildman–Crippen MR) is 113 cm³/mol. The summed E-state index contributed by atoms with van der Waals surface area (Å²) in [5.41, 5.74) is 1.58. The van der Waals surface area contributed by atoms with Crippen molar-refractivity contribution in [2.75, 3.05) is 5.32 Å². The summed E-state index contributed by atoms with van der Waals surface area (Å²) < 4.78 is 1.24. The van der Waals surface area contributed by atoms with E-state index in [1.165, 1.54) is 29.0 Å². The van der Waals surface area contributed by atoms with Gasteiger partial charge in [0.15, 0.2) is 0 Å². The number of urea groups is 1. The zero-order valence-corrected chi connectivity index (χ0v) is 24.1. The van der Waals surface area contributed by atoms with E-state index < -0.39 is 41.5 Å². The second kappa shape index (κ2) is 12.4. The molecule has 0 saturated heterocycles. The third-order valence-electron chi connectivity index (χ3n) is 4.64. The van der Waals surface area contributed by atoms with Gasteiger partial charge in [-0.05, 0) is 48.4 Å². The number of carboxylic acids is 1. The smallest absolute Gasteiger partial charge is 0.871 e. The molecule has 0 fully saturated rings. The monoisotopic (exact) mass is 491 g/mol. The number of amides is 2. The average Bonchev–Trinajstić information content (AvgIpc) is 3.31. The summed E-state index contributed by atoms with van der Waals surface area (Å²) in [5, 5.41) is 32.1. The van der Waals surface area contributed by atoms with E-state index in [-0.39, 0.29) is 59.1 Å². The third-order valence-corrected chi connectivity index (χ3v) is 6.73. The normalized spacial score (nSPS) is 11.1. The molecule has 1 atom stereocenters. The summed E-state index contributed by atoms with van der Waals surface area (Å²) in [7, 11) is 1.48. The summed E-state index contributed by atoms with van der Waals surface area (Å²) in [6.07, 6.45) is -0.452. The Morgan fingerprint density at radius 3 is 2.47 bits per heavy atom. The van der Waals surface area contributed by atoms with Crippen molar-refractivity contribution < 1.29 is 78.9 Å². The van der Waals surface area contributed by atoms with Crippen molar-refractivity contribution in [2.45, 2.75) is 26.3 Å². The van der Waals surface area contributed by atoms with Gasteiger partial charge in [-0.3, -0.25) is 4.79 Å². The first-order chi connectivity index (χ1) is 14.2. The number of carboxylic acid groups (broad SMARTS) is 1. The van der Waals surface area contributed by atoms with Gasteiger partial charge in [0.1, 0.15) is 5.69 Å². The molecular weight excluding hydrogens is 472 g/mol. The first-order valence-electron chi connectivity index (χ1n) is 8.95. The molecule has 0 aliphatic carbocycles. The summed E-state index contributed by atoms with van der Waals surface area (Å²) in [6, 6.07) is 3.12. The second-order valence-electron chi connectivity index (χ2n) is 6.79. The topological polar surface area (TPSA) is 126 Å². The molecular formula is C20H19N3Na2O5S2. The number of rotatable bonds is 6. The summed E-state index contributed by atoms with van der Waals surface area (Å²) in [5.74, 6) is -1.95. The minimum absolute atomic E-state index is 0. The van der Waals surface area contributed by atoms with Gasteiger partial charge in [-0.25, -0.2) is 4.79 Å². The van der Waals surface area contributed by atoms with Crippen LogP contribution in [-0.4, -0.2) is 16.6 Å². The molecule has 2 N–H and O–H groups in total. The minimum Gasteiger partial charge on any atom is -0.871 e. The van der Waals surface area contributed by atoms with Crippen molar-refractivity contribution in [2.24, 2.45) is 7.05 Å². The van der Waals surface area contributed by atoms with E-state index >= 15 is 0 Å².